The van der Waals surface area contributed by atoms with Crippen LogP contribution in [0.2, 0.25) is 5.02 Å². The normalized spacial score (nSPS) is 13.1. The molecule has 1 aliphatic rings. The Morgan fingerprint density at radius 3 is 2.73 bits per heavy atom. The van der Waals surface area contributed by atoms with Gasteiger partial charge in [0.05, 0.1) is 0 Å². The van der Waals surface area contributed by atoms with E-state index < -0.39 is 0 Å². The average Bonchev–Trinajstić information content (AvgIpc) is 2.53. The molecule has 0 spiro atoms. The summed E-state index contributed by atoms with van der Waals surface area (Å²) in [5.41, 5.74) is 1.52. The number of nitrogens with one attached hydrogen (secondary N) is 1. The molecule has 0 radical (unpaired) electrons. The van der Waals surface area contributed by atoms with Gasteiger partial charge in [0, 0.05) is 16.8 Å². The van der Waals surface area contributed by atoms with E-state index in [0.29, 0.717) is 29.7 Å². The highest BCUT2D eigenvalue weighted by Gasteiger charge is 2.10. The number of hydrogen-bond donors (Lipinski definition) is 1. The number of hydrogen-bond acceptors (Lipinski definition) is 3. The van der Waals surface area contributed by atoms with Crippen molar-refractivity contribution in [1.29, 1.82) is 0 Å². The van der Waals surface area contributed by atoms with Crippen LogP contribution < -0.4 is 14.8 Å². The zero-order chi connectivity index (χ0) is 15.4. The van der Waals surface area contributed by atoms with Crippen molar-refractivity contribution in [2.75, 3.05) is 18.5 Å². The minimum atomic E-state index is -0.225. The van der Waals surface area contributed by atoms with Gasteiger partial charge in [-0.15, -0.1) is 0 Å². The minimum absolute atomic E-state index is 0.225. The lowest BCUT2D eigenvalue weighted by Gasteiger charge is -2.18. The number of ether oxygens (including phenoxy) is 2. The number of carbonyl (C=O) groups is 1. The van der Waals surface area contributed by atoms with Crippen LogP contribution in [0.15, 0.2) is 48.5 Å². The molecule has 1 N–H and O–H groups in total. The van der Waals surface area contributed by atoms with Crippen LogP contribution in [0.5, 0.6) is 11.5 Å². The smallest absolute Gasteiger partial charge is 0.248 e. The van der Waals surface area contributed by atoms with Crippen molar-refractivity contribution in [1.82, 2.24) is 0 Å². The van der Waals surface area contributed by atoms with E-state index in [2.05, 4.69) is 5.32 Å². The van der Waals surface area contributed by atoms with E-state index in [0.717, 1.165) is 11.3 Å². The fraction of sp³-hybridized carbons (Fsp3) is 0.118. The van der Waals surface area contributed by atoms with Crippen molar-refractivity contribution in [2.24, 2.45) is 0 Å². The second-order valence-electron chi connectivity index (χ2n) is 4.74. The Balaban J connectivity index is 1.67. The average molecular weight is 316 g/mol. The molecule has 2 aromatic carbocycles. The van der Waals surface area contributed by atoms with Gasteiger partial charge in [0.2, 0.25) is 5.91 Å². The third kappa shape index (κ3) is 3.59. The summed E-state index contributed by atoms with van der Waals surface area (Å²) in [6.45, 7) is 1.10. The fourth-order valence-electron chi connectivity index (χ4n) is 2.09. The Kier molecular flexibility index (Phi) is 4.30. The third-order valence-corrected chi connectivity index (χ3v) is 3.32. The second-order valence-corrected chi connectivity index (χ2v) is 5.17. The highest BCUT2D eigenvalue weighted by Crippen LogP contribution is 2.31. The molecule has 0 saturated heterocycles. The number of benzene rings is 2. The first-order chi connectivity index (χ1) is 10.7. The van der Waals surface area contributed by atoms with Crippen LogP contribution in [0.4, 0.5) is 5.69 Å². The Morgan fingerprint density at radius 1 is 1.09 bits per heavy atom. The molecule has 0 saturated carbocycles. The topological polar surface area (TPSA) is 47.6 Å². The van der Waals surface area contributed by atoms with Crippen molar-refractivity contribution < 1.29 is 14.3 Å². The molecule has 112 valence electrons. The van der Waals surface area contributed by atoms with E-state index in [1.54, 1.807) is 30.3 Å². The Bertz CT molecular complexity index is 728. The summed E-state index contributed by atoms with van der Waals surface area (Å²) in [5, 5.41) is 3.33. The van der Waals surface area contributed by atoms with Gasteiger partial charge in [-0.2, -0.15) is 0 Å². The van der Waals surface area contributed by atoms with Crippen LogP contribution in [-0.4, -0.2) is 19.1 Å². The molecule has 0 aliphatic carbocycles. The molecule has 1 heterocycles. The summed E-state index contributed by atoms with van der Waals surface area (Å²) in [4.78, 5) is 11.9. The predicted molar refractivity (Wildman–Crippen MR) is 86.5 cm³/mol. The summed E-state index contributed by atoms with van der Waals surface area (Å²) < 4.78 is 11.0. The second kappa shape index (κ2) is 6.54. The molecule has 0 unspecified atom stereocenters. The Hall–Kier alpha value is -2.46. The lowest BCUT2D eigenvalue weighted by molar-refractivity contribution is -0.111. The van der Waals surface area contributed by atoms with E-state index in [1.165, 1.54) is 6.08 Å². The number of halogens is 1. The van der Waals surface area contributed by atoms with E-state index in [-0.39, 0.29) is 5.91 Å². The number of rotatable bonds is 3. The first kappa shape index (κ1) is 14.5. The van der Waals surface area contributed by atoms with Gasteiger partial charge in [0.1, 0.15) is 13.2 Å². The number of carbonyl (C=O) groups excluding carboxylic acids is 1. The Morgan fingerprint density at radius 2 is 1.91 bits per heavy atom. The van der Waals surface area contributed by atoms with Gasteiger partial charge >= 0.3 is 0 Å². The molecule has 22 heavy (non-hydrogen) atoms. The number of amides is 1. The van der Waals surface area contributed by atoms with E-state index >= 15 is 0 Å². The van der Waals surface area contributed by atoms with Crippen LogP contribution >= 0.6 is 11.6 Å². The summed E-state index contributed by atoms with van der Waals surface area (Å²) in [5.74, 6) is 1.20. The summed E-state index contributed by atoms with van der Waals surface area (Å²) in [7, 11) is 0. The van der Waals surface area contributed by atoms with Crippen LogP contribution in [0.1, 0.15) is 5.56 Å². The van der Waals surface area contributed by atoms with Crippen molar-refractivity contribution in [3.8, 4) is 11.5 Å². The van der Waals surface area contributed by atoms with Gasteiger partial charge in [-0.1, -0.05) is 23.7 Å². The molecule has 1 aliphatic heterocycles. The molecule has 0 atom stereocenters. The summed E-state index contributed by atoms with van der Waals surface area (Å²) >= 11 is 5.87. The summed E-state index contributed by atoms with van der Waals surface area (Å²) in [6, 6.07) is 12.6. The lowest BCUT2D eigenvalue weighted by Crippen LogP contribution is -2.15. The first-order valence-corrected chi connectivity index (χ1v) is 7.23. The first-order valence-electron chi connectivity index (χ1n) is 6.85. The fourth-order valence-corrected chi connectivity index (χ4v) is 2.28. The predicted octanol–water partition coefficient (Wildman–Crippen LogP) is 3.76. The van der Waals surface area contributed by atoms with E-state index in [1.807, 2.05) is 18.2 Å². The van der Waals surface area contributed by atoms with Crippen molar-refractivity contribution in [2.45, 2.75) is 0 Å². The molecular weight excluding hydrogens is 302 g/mol. The van der Waals surface area contributed by atoms with Crippen molar-refractivity contribution >= 4 is 29.3 Å². The van der Waals surface area contributed by atoms with Crippen LogP contribution in [0.3, 0.4) is 0 Å². The molecule has 2 aromatic rings. The molecule has 0 aromatic heterocycles. The zero-order valence-corrected chi connectivity index (χ0v) is 12.5. The quantitative estimate of drug-likeness (QED) is 0.877. The molecule has 3 rings (SSSR count). The molecule has 0 bridgehead atoms. The van der Waals surface area contributed by atoms with Crippen LogP contribution in [0, 0.1) is 0 Å². The van der Waals surface area contributed by atoms with Gasteiger partial charge in [0.15, 0.2) is 11.5 Å². The third-order valence-electron chi connectivity index (χ3n) is 3.09. The monoisotopic (exact) mass is 315 g/mol. The van der Waals surface area contributed by atoms with Gasteiger partial charge in [-0.3, -0.25) is 4.79 Å². The van der Waals surface area contributed by atoms with E-state index in [4.69, 9.17) is 21.1 Å². The van der Waals surface area contributed by atoms with Gasteiger partial charge in [-0.05, 0) is 42.0 Å². The van der Waals surface area contributed by atoms with Gasteiger partial charge in [-0.25, -0.2) is 0 Å². The van der Waals surface area contributed by atoms with Crippen LogP contribution in [0.25, 0.3) is 6.08 Å². The number of fused-ring (bicyclic) bond motifs is 1. The highest BCUT2D eigenvalue weighted by molar-refractivity contribution is 6.30. The minimum Gasteiger partial charge on any atom is -0.486 e. The molecule has 0 fully saturated rings. The van der Waals surface area contributed by atoms with E-state index in [9.17, 15) is 4.79 Å². The van der Waals surface area contributed by atoms with Crippen LogP contribution in [-0.2, 0) is 4.79 Å². The maximum Gasteiger partial charge on any atom is 0.248 e. The molecular formula is C17H14ClNO3. The van der Waals surface area contributed by atoms with Crippen molar-refractivity contribution in [3.63, 3.8) is 0 Å². The SMILES string of the molecule is O=C(/C=C/c1ccc2c(c1)OCCO2)Nc1cccc(Cl)c1. The standard InChI is InChI=1S/C17H14ClNO3/c18-13-2-1-3-14(11-13)19-17(20)7-5-12-4-6-15-16(10-12)22-9-8-21-15/h1-7,10-11H,8-9H2,(H,19,20)/b7-5+. The largest absolute Gasteiger partial charge is 0.486 e. The maximum atomic E-state index is 11.9. The highest BCUT2D eigenvalue weighted by atomic mass is 35.5. The van der Waals surface area contributed by atoms with Gasteiger partial charge < -0.3 is 14.8 Å². The molecule has 4 nitrogen and oxygen atoms in total. The number of anilines is 1. The molecule has 1 amide bonds. The zero-order valence-electron chi connectivity index (χ0n) is 11.7. The summed E-state index contributed by atoms with van der Waals surface area (Å²) in [6.07, 6.45) is 3.18. The Labute approximate surface area is 133 Å². The van der Waals surface area contributed by atoms with Gasteiger partial charge in [0.25, 0.3) is 0 Å². The molecule has 5 heteroatoms. The maximum absolute atomic E-state index is 11.9. The lowest BCUT2D eigenvalue weighted by atomic mass is 10.2. The van der Waals surface area contributed by atoms with Crippen molar-refractivity contribution in [3.05, 3.63) is 59.1 Å².